The number of sulfonamides is 1. The van der Waals surface area contributed by atoms with Gasteiger partial charge in [0.05, 0.1) is 25.4 Å². The maximum atomic E-state index is 12.9. The second-order valence-electron chi connectivity index (χ2n) is 7.76. The summed E-state index contributed by atoms with van der Waals surface area (Å²) in [4.78, 5) is 15.9. The maximum absolute atomic E-state index is 12.9. The third-order valence-electron chi connectivity index (χ3n) is 5.38. The Bertz CT molecular complexity index is 1010. The number of nitrogens with one attached hydrogen (secondary N) is 1. The summed E-state index contributed by atoms with van der Waals surface area (Å²) in [7, 11) is -3.61. The van der Waals surface area contributed by atoms with E-state index < -0.39 is 15.6 Å². The highest BCUT2D eigenvalue weighted by atomic mass is 32.2. The lowest BCUT2D eigenvalue weighted by Gasteiger charge is -2.33. The molecule has 29 heavy (non-hydrogen) atoms. The van der Waals surface area contributed by atoms with Gasteiger partial charge in [-0.2, -0.15) is 4.31 Å². The van der Waals surface area contributed by atoms with E-state index in [1.165, 1.54) is 10.5 Å². The molecule has 0 aromatic carbocycles. The number of ether oxygens (including phenoxy) is 1. The van der Waals surface area contributed by atoms with Gasteiger partial charge in [0.15, 0.2) is 0 Å². The predicted octanol–water partition coefficient (Wildman–Crippen LogP) is 0.309. The van der Waals surface area contributed by atoms with Crippen molar-refractivity contribution in [3.8, 4) is 0 Å². The van der Waals surface area contributed by atoms with E-state index in [1.54, 1.807) is 23.0 Å². The van der Waals surface area contributed by atoms with E-state index in [0.717, 1.165) is 5.69 Å². The van der Waals surface area contributed by atoms with E-state index in [4.69, 9.17) is 4.74 Å². The molecule has 1 spiro atoms. The summed E-state index contributed by atoms with van der Waals surface area (Å²) < 4.78 is 35.1. The molecule has 10 nitrogen and oxygen atoms in total. The third kappa shape index (κ3) is 3.77. The number of aromatic nitrogens is 4. The third-order valence-corrected chi connectivity index (χ3v) is 7.21. The molecule has 4 heterocycles. The van der Waals surface area contributed by atoms with Crippen molar-refractivity contribution in [1.29, 1.82) is 0 Å². The molecular formula is C18H24N6O4S. The number of nitrogens with zero attached hydrogens (tertiary/aromatic N) is 5. The summed E-state index contributed by atoms with van der Waals surface area (Å²) in [5.74, 6) is -0.154. The minimum absolute atomic E-state index is 0.0491. The van der Waals surface area contributed by atoms with E-state index >= 15 is 0 Å². The topological polar surface area (TPSA) is 119 Å². The summed E-state index contributed by atoms with van der Waals surface area (Å²) in [6.45, 7) is 5.28. The van der Waals surface area contributed by atoms with Crippen molar-refractivity contribution < 1.29 is 17.9 Å². The molecule has 2 aliphatic rings. The van der Waals surface area contributed by atoms with E-state index in [9.17, 15) is 13.2 Å². The van der Waals surface area contributed by atoms with Gasteiger partial charge in [-0.05, 0) is 18.6 Å². The van der Waals surface area contributed by atoms with Gasteiger partial charge in [-0.15, -0.1) is 5.10 Å². The van der Waals surface area contributed by atoms with Crippen molar-refractivity contribution in [2.45, 2.75) is 50.5 Å². The second-order valence-corrected chi connectivity index (χ2v) is 9.70. The van der Waals surface area contributed by atoms with Gasteiger partial charge in [-0.1, -0.05) is 19.1 Å². The monoisotopic (exact) mass is 420 g/mol. The minimum Gasteiger partial charge on any atom is -0.365 e. The van der Waals surface area contributed by atoms with Crippen LogP contribution >= 0.6 is 0 Å². The van der Waals surface area contributed by atoms with Gasteiger partial charge in [0.2, 0.25) is 15.9 Å². The van der Waals surface area contributed by atoms with Crippen molar-refractivity contribution in [3.63, 3.8) is 0 Å². The molecule has 0 bridgehead atoms. The molecule has 2 aliphatic heterocycles. The molecule has 4 rings (SSSR count). The quantitative estimate of drug-likeness (QED) is 0.739. The molecule has 1 saturated heterocycles. The van der Waals surface area contributed by atoms with Crippen molar-refractivity contribution in [3.05, 3.63) is 35.9 Å². The highest BCUT2D eigenvalue weighted by Gasteiger charge is 2.47. The first-order valence-corrected chi connectivity index (χ1v) is 11.0. The minimum atomic E-state index is -3.61. The number of fused-ring (bicyclic) bond motifs is 1. The fourth-order valence-corrected chi connectivity index (χ4v) is 5.09. The Balaban J connectivity index is 1.46. The Morgan fingerprint density at radius 1 is 1.38 bits per heavy atom. The zero-order valence-corrected chi connectivity index (χ0v) is 17.2. The van der Waals surface area contributed by atoms with Crippen LogP contribution < -0.4 is 5.32 Å². The van der Waals surface area contributed by atoms with Crippen molar-refractivity contribution in [1.82, 2.24) is 29.6 Å². The van der Waals surface area contributed by atoms with Crippen LogP contribution in [0.25, 0.3) is 0 Å². The summed E-state index contributed by atoms with van der Waals surface area (Å²) in [5.41, 5.74) is 0.856. The Hall–Kier alpha value is -2.37. The van der Waals surface area contributed by atoms with Gasteiger partial charge in [-0.3, -0.25) is 9.78 Å². The second kappa shape index (κ2) is 7.47. The summed E-state index contributed by atoms with van der Waals surface area (Å²) in [5, 5.41) is 11.2. The SMILES string of the molecule is CC(C)C(=O)NCc1nnn2c1COC1(CCN(S(=O)(=O)c3cccnc3)C1)C2. The largest absolute Gasteiger partial charge is 0.365 e. The van der Waals surface area contributed by atoms with Crippen LogP contribution in [0.3, 0.4) is 0 Å². The molecule has 0 aliphatic carbocycles. The van der Waals surface area contributed by atoms with E-state index in [1.807, 2.05) is 13.8 Å². The zero-order chi connectivity index (χ0) is 20.6. The molecule has 1 N–H and O–H groups in total. The first kappa shape index (κ1) is 19.9. The first-order valence-electron chi connectivity index (χ1n) is 9.54. The maximum Gasteiger partial charge on any atom is 0.244 e. The highest BCUT2D eigenvalue weighted by Crippen LogP contribution is 2.35. The van der Waals surface area contributed by atoms with E-state index in [0.29, 0.717) is 31.7 Å². The van der Waals surface area contributed by atoms with Crippen molar-refractivity contribution in [2.75, 3.05) is 13.1 Å². The van der Waals surface area contributed by atoms with Gasteiger partial charge in [-0.25, -0.2) is 13.1 Å². The van der Waals surface area contributed by atoms with Crippen LogP contribution in [0.2, 0.25) is 0 Å². The molecule has 0 saturated carbocycles. The Labute approximate surface area is 169 Å². The Morgan fingerprint density at radius 2 is 2.21 bits per heavy atom. The molecule has 2 aromatic rings. The summed E-state index contributed by atoms with van der Waals surface area (Å²) in [6.07, 6.45) is 3.47. The van der Waals surface area contributed by atoms with Gasteiger partial charge in [0.25, 0.3) is 0 Å². The number of hydrogen-bond acceptors (Lipinski definition) is 7. The van der Waals surface area contributed by atoms with Crippen molar-refractivity contribution in [2.24, 2.45) is 5.92 Å². The van der Waals surface area contributed by atoms with Crippen LogP contribution in [0, 0.1) is 5.92 Å². The molecular weight excluding hydrogens is 396 g/mol. The van der Waals surface area contributed by atoms with Crippen LogP contribution in [-0.4, -0.2) is 57.3 Å². The average Bonchev–Trinajstić information content (AvgIpc) is 3.31. The fraction of sp³-hybridized carbons (Fsp3) is 0.556. The Kier molecular flexibility index (Phi) is 5.13. The number of hydrogen-bond donors (Lipinski definition) is 1. The fourth-order valence-electron chi connectivity index (χ4n) is 3.61. The molecule has 1 unspecified atom stereocenters. The molecule has 2 aromatic heterocycles. The normalized spacial score (nSPS) is 22.2. The molecule has 1 amide bonds. The molecule has 11 heteroatoms. The van der Waals surface area contributed by atoms with Crippen LogP contribution in [0.5, 0.6) is 0 Å². The smallest absolute Gasteiger partial charge is 0.244 e. The summed E-state index contributed by atoms with van der Waals surface area (Å²) >= 11 is 0. The predicted molar refractivity (Wildman–Crippen MR) is 102 cm³/mol. The van der Waals surface area contributed by atoms with Gasteiger partial charge >= 0.3 is 0 Å². The summed E-state index contributed by atoms with van der Waals surface area (Å²) in [6, 6.07) is 3.15. The highest BCUT2D eigenvalue weighted by molar-refractivity contribution is 7.89. The number of pyridine rings is 1. The molecule has 156 valence electrons. The van der Waals surface area contributed by atoms with Crippen molar-refractivity contribution >= 4 is 15.9 Å². The standard InChI is InChI=1S/C18H24N6O4S/c1-13(2)17(25)20-9-15-16-10-28-18(12-24(16)22-21-15)5-7-23(11-18)29(26,27)14-4-3-6-19-8-14/h3-4,6,8,13H,5,7,9-12H2,1-2H3,(H,20,25). The van der Waals surface area contributed by atoms with Gasteiger partial charge in [0, 0.05) is 31.4 Å². The zero-order valence-electron chi connectivity index (χ0n) is 16.4. The lowest BCUT2D eigenvalue weighted by atomic mass is 10.0. The number of carbonyl (C=O) groups excluding carboxylic acids is 1. The molecule has 1 fully saturated rings. The number of amides is 1. The number of rotatable bonds is 5. The van der Waals surface area contributed by atoms with Crippen LogP contribution in [0.1, 0.15) is 31.7 Å². The lowest BCUT2D eigenvalue weighted by Crippen LogP contribution is -2.45. The van der Waals surface area contributed by atoms with Crippen LogP contribution in [0.4, 0.5) is 0 Å². The van der Waals surface area contributed by atoms with Gasteiger partial charge < -0.3 is 10.1 Å². The number of carbonyl (C=O) groups is 1. The van der Waals surface area contributed by atoms with Crippen LogP contribution in [0.15, 0.2) is 29.4 Å². The molecule has 1 atom stereocenters. The Morgan fingerprint density at radius 3 is 2.93 bits per heavy atom. The average molecular weight is 420 g/mol. The lowest BCUT2D eigenvalue weighted by molar-refractivity contribution is -0.124. The van der Waals surface area contributed by atoms with E-state index in [-0.39, 0.29) is 29.9 Å². The van der Waals surface area contributed by atoms with E-state index in [2.05, 4.69) is 20.6 Å². The first-order chi connectivity index (χ1) is 13.8. The van der Waals surface area contributed by atoms with Gasteiger partial charge in [0.1, 0.15) is 16.2 Å². The van der Waals surface area contributed by atoms with Crippen LogP contribution in [-0.2, 0) is 39.3 Å². The molecule has 0 radical (unpaired) electrons.